The molecule has 1 aromatic rings. The van der Waals surface area contributed by atoms with Crippen LogP contribution in [-0.4, -0.2) is 34.6 Å². The number of rotatable bonds is 2. The number of carbonyl (C=O) groups excluding carboxylic acids is 1. The maximum absolute atomic E-state index is 11.9. The second-order valence-corrected chi connectivity index (χ2v) is 4.87. The van der Waals surface area contributed by atoms with Crippen LogP contribution >= 0.6 is 11.6 Å². The molecule has 1 N–H and O–H groups in total. The fraction of sp³-hybridized carbons (Fsp3) is 0.545. The van der Waals surface area contributed by atoms with Crippen LogP contribution < -0.4 is 0 Å². The normalized spacial score (nSPS) is 18.7. The quantitative estimate of drug-likeness (QED) is 0.862. The fourth-order valence-electron chi connectivity index (χ4n) is 1.74. The molecule has 1 amide bonds. The van der Waals surface area contributed by atoms with Gasteiger partial charge in [-0.3, -0.25) is 4.79 Å². The van der Waals surface area contributed by atoms with Crippen LogP contribution in [0.5, 0.6) is 0 Å². The smallest absolute Gasteiger partial charge is 0.258 e. The Bertz CT molecular complexity index is 407. The molecule has 0 spiro atoms. The molecule has 2 rings (SSSR count). The molecule has 1 aliphatic heterocycles. The summed E-state index contributed by atoms with van der Waals surface area (Å²) in [6.07, 6.45) is 1.38. The minimum Gasteiger partial charge on any atom is -0.452 e. The van der Waals surface area contributed by atoms with Crippen molar-refractivity contribution in [2.24, 2.45) is 5.92 Å². The third kappa shape index (κ3) is 1.72. The number of carbonyl (C=O) groups is 1. The maximum atomic E-state index is 11.9. The van der Waals surface area contributed by atoms with E-state index in [1.54, 1.807) is 4.90 Å². The number of hydrogen-bond donors (Lipinski definition) is 1. The van der Waals surface area contributed by atoms with Crippen molar-refractivity contribution in [3.05, 3.63) is 23.1 Å². The van der Waals surface area contributed by atoms with Gasteiger partial charge in [0.05, 0.1) is 24.9 Å². The van der Waals surface area contributed by atoms with Gasteiger partial charge in [-0.15, -0.1) is 0 Å². The lowest BCUT2D eigenvalue weighted by Crippen LogP contribution is -2.65. The van der Waals surface area contributed by atoms with Crippen LogP contribution in [0, 0.1) is 5.92 Å². The van der Waals surface area contributed by atoms with Gasteiger partial charge in [0.1, 0.15) is 5.60 Å². The van der Waals surface area contributed by atoms with Crippen molar-refractivity contribution in [1.82, 2.24) is 4.90 Å². The summed E-state index contributed by atoms with van der Waals surface area (Å²) in [5.41, 5.74) is -0.404. The van der Waals surface area contributed by atoms with E-state index in [4.69, 9.17) is 16.0 Å². The van der Waals surface area contributed by atoms with Crippen LogP contribution in [-0.2, 0) is 0 Å². The molecule has 5 heteroatoms. The SMILES string of the molecule is CC(C)C1(O)CN(C(=O)c2ccoc2Cl)C1. The first-order chi connectivity index (χ1) is 7.44. The fourth-order valence-corrected chi connectivity index (χ4v) is 1.94. The highest BCUT2D eigenvalue weighted by atomic mass is 35.5. The first-order valence-corrected chi connectivity index (χ1v) is 5.56. The van der Waals surface area contributed by atoms with Crippen molar-refractivity contribution in [3.63, 3.8) is 0 Å². The number of likely N-dealkylation sites (tertiary alicyclic amines) is 1. The molecule has 0 atom stereocenters. The van der Waals surface area contributed by atoms with Gasteiger partial charge in [-0.2, -0.15) is 0 Å². The van der Waals surface area contributed by atoms with Crippen LogP contribution in [0.15, 0.2) is 16.7 Å². The topological polar surface area (TPSA) is 53.7 Å². The first-order valence-electron chi connectivity index (χ1n) is 5.19. The van der Waals surface area contributed by atoms with E-state index >= 15 is 0 Å². The second-order valence-electron chi connectivity index (χ2n) is 4.53. The predicted octanol–water partition coefficient (Wildman–Crippen LogP) is 1.78. The molecule has 1 fully saturated rings. The lowest BCUT2D eigenvalue weighted by Gasteiger charge is -2.48. The van der Waals surface area contributed by atoms with Crippen LogP contribution in [0.25, 0.3) is 0 Å². The number of amides is 1. The maximum Gasteiger partial charge on any atom is 0.258 e. The van der Waals surface area contributed by atoms with E-state index in [0.717, 1.165) is 0 Å². The molecule has 0 aromatic carbocycles. The monoisotopic (exact) mass is 243 g/mol. The van der Waals surface area contributed by atoms with Gasteiger partial charge in [-0.05, 0) is 23.6 Å². The Balaban J connectivity index is 2.04. The molecule has 0 saturated carbocycles. The minimum absolute atomic E-state index is 0.102. The number of furan rings is 1. The lowest BCUT2D eigenvalue weighted by atomic mass is 9.83. The van der Waals surface area contributed by atoms with Crippen molar-refractivity contribution in [3.8, 4) is 0 Å². The Hall–Kier alpha value is -1.00. The van der Waals surface area contributed by atoms with Crippen molar-refractivity contribution < 1.29 is 14.3 Å². The Kier molecular flexibility index (Phi) is 2.72. The summed E-state index contributed by atoms with van der Waals surface area (Å²) in [5.74, 6) is -0.0551. The van der Waals surface area contributed by atoms with E-state index in [2.05, 4.69) is 0 Å². The Morgan fingerprint density at radius 2 is 2.25 bits per heavy atom. The van der Waals surface area contributed by atoms with Gasteiger partial charge in [-0.25, -0.2) is 0 Å². The summed E-state index contributed by atoms with van der Waals surface area (Å²) in [7, 11) is 0. The molecule has 0 radical (unpaired) electrons. The van der Waals surface area contributed by atoms with E-state index in [1.807, 2.05) is 13.8 Å². The summed E-state index contributed by atoms with van der Waals surface area (Å²) in [5, 5.41) is 10.1. The average molecular weight is 244 g/mol. The summed E-state index contributed by atoms with van der Waals surface area (Å²) in [6, 6.07) is 1.54. The predicted molar refractivity (Wildman–Crippen MR) is 59.4 cm³/mol. The number of aliphatic hydroxyl groups is 1. The third-order valence-electron chi connectivity index (χ3n) is 3.14. The lowest BCUT2D eigenvalue weighted by molar-refractivity contribution is -0.110. The molecular formula is C11H14ClNO3. The van der Waals surface area contributed by atoms with Gasteiger partial charge in [0.15, 0.2) is 0 Å². The zero-order chi connectivity index (χ0) is 11.9. The molecule has 2 heterocycles. The van der Waals surface area contributed by atoms with Crippen LogP contribution in [0.1, 0.15) is 24.2 Å². The number of halogens is 1. The summed E-state index contributed by atoms with van der Waals surface area (Å²) in [4.78, 5) is 13.5. The van der Waals surface area contributed by atoms with Gasteiger partial charge in [-0.1, -0.05) is 13.8 Å². The molecule has 4 nitrogen and oxygen atoms in total. The van der Waals surface area contributed by atoms with Gasteiger partial charge >= 0.3 is 0 Å². The summed E-state index contributed by atoms with van der Waals surface area (Å²) >= 11 is 5.72. The minimum atomic E-state index is -0.758. The largest absolute Gasteiger partial charge is 0.452 e. The van der Waals surface area contributed by atoms with E-state index in [0.29, 0.717) is 18.7 Å². The molecule has 0 unspecified atom stereocenters. The first kappa shape index (κ1) is 11.5. The van der Waals surface area contributed by atoms with E-state index in [9.17, 15) is 9.90 Å². The molecular weight excluding hydrogens is 230 g/mol. The standard InChI is InChI=1S/C11H14ClNO3/c1-7(2)11(15)5-13(6-11)10(14)8-3-4-16-9(8)12/h3-4,7,15H,5-6H2,1-2H3. The average Bonchev–Trinajstić information content (AvgIpc) is 2.58. The summed E-state index contributed by atoms with van der Waals surface area (Å²) < 4.78 is 4.86. The molecule has 1 saturated heterocycles. The number of hydrogen-bond acceptors (Lipinski definition) is 3. The Morgan fingerprint density at radius 3 is 2.69 bits per heavy atom. The summed E-state index contributed by atoms with van der Waals surface area (Å²) in [6.45, 7) is 4.58. The molecule has 0 bridgehead atoms. The highest BCUT2D eigenvalue weighted by Gasteiger charge is 2.46. The number of β-amino-alcohol motifs (C(OH)–C–C–N with tert-alkyl or cyclic N) is 1. The van der Waals surface area contributed by atoms with Gasteiger partial charge in [0.25, 0.3) is 5.91 Å². The Morgan fingerprint density at radius 1 is 1.62 bits per heavy atom. The Labute approximate surface area is 98.8 Å². The highest BCUT2D eigenvalue weighted by Crippen LogP contribution is 2.31. The van der Waals surface area contributed by atoms with Gasteiger partial charge in [0.2, 0.25) is 5.22 Å². The van der Waals surface area contributed by atoms with Crippen LogP contribution in [0.3, 0.4) is 0 Å². The molecule has 0 aliphatic carbocycles. The van der Waals surface area contributed by atoms with Crippen molar-refractivity contribution in [2.45, 2.75) is 19.4 Å². The molecule has 1 aliphatic rings. The van der Waals surface area contributed by atoms with Crippen LogP contribution in [0.4, 0.5) is 0 Å². The van der Waals surface area contributed by atoms with E-state index in [-0.39, 0.29) is 17.0 Å². The number of nitrogens with zero attached hydrogens (tertiary/aromatic N) is 1. The zero-order valence-corrected chi connectivity index (χ0v) is 9.99. The van der Waals surface area contributed by atoms with Gasteiger partial charge < -0.3 is 14.4 Å². The third-order valence-corrected chi connectivity index (χ3v) is 3.43. The molecule has 88 valence electrons. The van der Waals surface area contributed by atoms with Gasteiger partial charge in [0, 0.05) is 0 Å². The van der Waals surface area contributed by atoms with Crippen molar-refractivity contribution in [1.29, 1.82) is 0 Å². The van der Waals surface area contributed by atoms with E-state index in [1.165, 1.54) is 12.3 Å². The molecule has 16 heavy (non-hydrogen) atoms. The van der Waals surface area contributed by atoms with Crippen molar-refractivity contribution >= 4 is 17.5 Å². The highest BCUT2D eigenvalue weighted by molar-refractivity contribution is 6.32. The second kappa shape index (κ2) is 3.79. The van der Waals surface area contributed by atoms with Crippen molar-refractivity contribution in [2.75, 3.05) is 13.1 Å². The van der Waals surface area contributed by atoms with E-state index < -0.39 is 5.60 Å². The van der Waals surface area contributed by atoms with Crippen LogP contribution in [0.2, 0.25) is 5.22 Å². The zero-order valence-electron chi connectivity index (χ0n) is 9.24. The molecule has 1 aromatic heterocycles.